The molecule has 2 fully saturated rings. The third kappa shape index (κ3) is 3.37. The van der Waals surface area contributed by atoms with Crippen LogP contribution in [-0.2, 0) is 11.8 Å². The fourth-order valence-corrected chi connectivity index (χ4v) is 5.70. The maximum atomic E-state index is 13.5. The van der Waals surface area contributed by atoms with Crippen molar-refractivity contribution in [3.05, 3.63) is 59.2 Å². The first-order valence-electron chi connectivity index (χ1n) is 11.8. The van der Waals surface area contributed by atoms with Gasteiger partial charge in [-0.05, 0) is 90.9 Å². The lowest BCUT2D eigenvalue weighted by Gasteiger charge is -2.53. The normalized spacial score (nSPS) is 28.3. The van der Waals surface area contributed by atoms with E-state index in [-0.39, 0.29) is 11.5 Å². The van der Waals surface area contributed by atoms with Gasteiger partial charge in [-0.3, -0.25) is 9.69 Å². The van der Waals surface area contributed by atoms with E-state index in [0.717, 1.165) is 48.8 Å². The highest BCUT2D eigenvalue weighted by Crippen LogP contribution is 2.50. The van der Waals surface area contributed by atoms with Crippen molar-refractivity contribution >= 4 is 17.2 Å². The molecule has 2 aromatic carbocycles. The van der Waals surface area contributed by atoms with Gasteiger partial charge in [-0.1, -0.05) is 39.3 Å². The van der Waals surface area contributed by atoms with Crippen LogP contribution in [-0.4, -0.2) is 29.8 Å². The van der Waals surface area contributed by atoms with Crippen molar-refractivity contribution in [3.8, 4) is 0 Å². The Hall–Kier alpha value is -2.13. The number of nitrogens with one attached hydrogen (secondary N) is 1. The molecule has 3 nitrogen and oxygen atoms in total. The number of likely N-dealkylation sites (tertiary alicyclic amines) is 1. The number of carbonyl (C=O) groups is 1. The molecule has 3 aliphatic rings. The van der Waals surface area contributed by atoms with E-state index in [0.29, 0.717) is 11.7 Å². The van der Waals surface area contributed by atoms with Gasteiger partial charge in [0.2, 0.25) is 0 Å². The van der Waals surface area contributed by atoms with Crippen LogP contribution in [0.25, 0.3) is 0 Å². The smallest absolute Gasteiger partial charge is 0.180 e. The predicted molar refractivity (Wildman–Crippen MR) is 124 cm³/mol. The average Bonchev–Trinajstić information content (AvgIpc) is 3.56. The molecule has 5 rings (SSSR count). The number of benzene rings is 2. The molecule has 0 spiro atoms. The minimum absolute atomic E-state index is 0.0572. The fourth-order valence-electron chi connectivity index (χ4n) is 5.70. The number of rotatable bonds is 6. The molecule has 1 saturated carbocycles. The average molecular weight is 403 g/mol. The van der Waals surface area contributed by atoms with E-state index in [9.17, 15) is 4.79 Å². The summed E-state index contributed by atoms with van der Waals surface area (Å²) in [4.78, 5) is 16.0. The fraction of sp³-hybridized carbons (Fsp3) is 0.519. The lowest BCUT2D eigenvalue weighted by molar-refractivity contribution is 0.0266. The van der Waals surface area contributed by atoms with Crippen LogP contribution in [0.3, 0.4) is 0 Å². The number of piperidine rings is 1. The van der Waals surface area contributed by atoms with Crippen molar-refractivity contribution in [3.63, 3.8) is 0 Å². The summed E-state index contributed by atoms with van der Waals surface area (Å²) in [6.45, 7) is 9.05. The second kappa shape index (κ2) is 7.53. The quantitative estimate of drug-likeness (QED) is 0.647. The van der Waals surface area contributed by atoms with Crippen molar-refractivity contribution < 1.29 is 4.79 Å². The highest BCUT2D eigenvalue weighted by atomic mass is 16.1. The largest absolute Gasteiger partial charge is 0.356 e. The molecule has 0 amide bonds. The number of hydrogen-bond acceptors (Lipinski definition) is 3. The number of nitrogens with zero attached hydrogens (tertiary/aromatic N) is 1. The van der Waals surface area contributed by atoms with Crippen LogP contribution in [0.5, 0.6) is 0 Å². The van der Waals surface area contributed by atoms with Crippen LogP contribution in [0.2, 0.25) is 0 Å². The molecule has 158 valence electrons. The van der Waals surface area contributed by atoms with Crippen molar-refractivity contribution in [1.82, 2.24) is 4.90 Å². The van der Waals surface area contributed by atoms with Gasteiger partial charge in [0.1, 0.15) is 0 Å². The number of carbonyl (C=O) groups excluding carboxylic acids is 1. The highest BCUT2D eigenvalue weighted by molar-refractivity contribution is 6.04. The standard InChI is InChI=1S/C27H34N2O/c1-4-5-19-8-10-21(11-9-19)28-22-12-13-23-24(16-22)27(3)14-15-29(17-20-6-7-20)25(18(27)2)26(23)30/h8-13,16,18,20,25,28H,4-7,14-15,17H2,1-3H3/t18-,25-,27+/m0/s1. The van der Waals surface area contributed by atoms with Gasteiger partial charge in [0.05, 0.1) is 6.04 Å². The molecule has 3 atom stereocenters. The summed E-state index contributed by atoms with van der Waals surface area (Å²) < 4.78 is 0. The SMILES string of the molecule is CCCc1ccc(Nc2ccc3c(c2)[C@]2(C)CCN(CC4CC4)[C@H](C3=O)[C@@H]2C)cc1. The van der Waals surface area contributed by atoms with Gasteiger partial charge in [-0.15, -0.1) is 0 Å². The van der Waals surface area contributed by atoms with Crippen LogP contribution in [0, 0.1) is 11.8 Å². The monoisotopic (exact) mass is 402 g/mol. The molecule has 1 heterocycles. The Labute approximate surface area is 180 Å². The van der Waals surface area contributed by atoms with Crippen molar-refractivity contribution in [2.24, 2.45) is 11.8 Å². The summed E-state index contributed by atoms with van der Waals surface area (Å²) in [6.07, 6.45) is 6.10. The van der Waals surface area contributed by atoms with Crippen LogP contribution in [0.1, 0.15) is 67.9 Å². The van der Waals surface area contributed by atoms with E-state index in [1.807, 2.05) is 0 Å². The van der Waals surface area contributed by atoms with E-state index in [2.05, 4.69) is 73.5 Å². The molecule has 1 saturated heterocycles. The Morgan fingerprint density at radius 3 is 2.53 bits per heavy atom. The number of hydrogen-bond donors (Lipinski definition) is 1. The van der Waals surface area contributed by atoms with Crippen molar-refractivity contribution in [2.45, 2.75) is 64.3 Å². The van der Waals surface area contributed by atoms with Gasteiger partial charge in [0.25, 0.3) is 0 Å². The Kier molecular flexibility index (Phi) is 4.97. The third-order valence-electron chi connectivity index (χ3n) is 7.93. The van der Waals surface area contributed by atoms with Crippen LogP contribution >= 0.6 is 0 Å². The van der Waals surface area contributed by atoms with E-state index in [4.69, 9.17) is 0 Å². The van der Waals surface area contributed by atoms with E-state index >= 15 is 0 Å². The zero-order valence-electron chi connectivity index (χ0n) is 18.6. The van der Waals surface area contributed by atoms with E-state index < -0.39 is 0 Å². The zero-order chi connectivity index (χ0) is 20.9. The number of anilines is 2. The summed E-state index contributed by atoms with van der Waals surface area (Å²) in [5.41, 5.74) is 5.82. The van der Waals surface area contributed by atoms with Gasteiger partial charge in [0, 0.05) is 23.5 Å². The van der Waals surface area contributed by atoms with Crippen molar-refractivity contribution in [2.75, 3.05) is 18.4 Å². The van der Waals surface area contributed by atoms with Crippen LogP contribution < -0.4 is 5.32 Å². The maximum Gasteiger partial charge on any atom is 0.180 e. The molecule has 2 bridgehead atoms. The minimum Gasteiger partial charge on any atom is -0.356 e. The summed E-state index contributed by atoms with van der Waals surface area (Å²) in [5.74, 6) is 1.52. The second-order valence-corrected chi connectivity index (χ2v) is 10.0. The zero-order valence-corrected chi connectivity index (χ0v) is 18.6. The second-order valence-electron chi connectivity index (χ2n) is 10.0. The predicted octanol–water partition coefficient (Wildman–Crippen LogP) is 5.96. The van der Waals surface area contributed by atoms with E-state index in [1.54, 1.807) is 0 Å². The Balaban J connectivity index is 1.43. The number of ketones is 1. The lowest BCUT2D eigenvalue weighted by Crippen LogP contribution is -2.61. The maximum absolute atomic E-state index is 13.5. The number of fused-ring (bicyclic) bond motifs is 4. The molecule has 0 aromatic heterocycles. The Morgan fingerprint density at radius 2 is 1.83 bits per heavy atom. The molecule has 0 unspecified atom stereocenters. The summed E-state index contributed by atoms with van der Waals surface area (Å²) >= 11 is 0. The van der Waals surface area contributed by atoms with Gasteiger partial charge in [0.15, 0.2) is 5.78 Å². The third-order valence-corrected chi connectivity index (χ3v) is 7.93. The molecule has 1 aliphatic heterocycles. The molecule has 2 aliphatic carbocycles. The summed E-state index contributed by atoms with van der Waals surface area (Å²) in [7, 11) is 0. The first-order valence-corrected chi connectivity index (χ1v) is 11.8. The van der Waals surface area contributed by atoms with Gasteiger partial charge in [-0.2, -0.15) is 0 Å². The molecular weight excluding hydrogens is 368 g/mol. The van der Waals surface area contributed by atoms with Crippen molar-refractivity contribution in [1.29, 1.82) is 0 Å². The topological polar surface area (TPSA) is 32.3 Å². The van der Waals surface area contributed by atoms with Crippen LogP contribution in [0.4, 0.5) is 11.4 Å². The minimum atomic E-state index is 0.0572. The van der Waals surface area contributed by atoms with E-state index in [1.165, 1.54) is 30.4 Å². The molecule has 3 heteroatoms. The van der Waals surface area contributed by atoms with Gasteiger partial charge >= 0.3 is 0 Å². The molecule has 1 N–H and O–H groups in total. The number of Topliss-reactive ketones (excluding diaryl/α,β-unsaturated/α-hetero) is 1. The van der Waals surface area contributed by atoms with Crippen LogP contribution in [0.15, 0.2) is 42.5 Å². The summed E-state index contributed by atoms with van der Waals surface area (Å²) in [6, 6.07) is 15.2. The molecule has 2 aromatic rings. The van der Waals surface area contributed by atoms with Gasteiger partial charge < -0.3 is 5.32 Å². The first kappa shape index (κ1) is 19.8. The highest BCUT2D eigenvalue weighted by Gasteiger charge is 2.52. The van der Waals surface area contributed by atoms with Gasteiger partial charge in [-0.25, -0.2) is 0 Å². The Bertz CT molecular complexity index is 946. The molecule has 30 heavy (non-hydrogen) atoms. The first-order chi connectivity index (χ1) is 14.5. The number of aryl methyl sites for hydroxylation is 1. The Morgan fingerprint density at radius 1 is 1.10 bits per heavy atom. The summed E-state index contributed by atoms with van der Waals surface area (Å²) in [5, 5.41) is 3.57. The molecule has 0 radical (unpaired) electrons. The lowest BCUT2D eigenvalue weighted by atomic mass is 9.58. The molecular formula is C27H34N2O.